The van der Waals surface area contributed by atoms with E-state index < -0.39 is 0 Å². The summed E-state index contributed by atoms with van der Waals surface area (Å²) in [4.78, 5) is 21.8. The molecule has 0 saturated heterocycles. The Morgan fingerprint density at radius 1 is 1.53 bits per heavy atom. The molecule has 6 nitrogen and oxygen atoms in total. The van der Waals surface area contributed by atoms with E-state index in [4.69, 9.17) is 5.73 Å². The van der Waals surface area contributed by atoms with E-state index in [1.54, 1.807) is 18.4 Å². The van der Waals surface area contributed by atoms with E-state index in [0.29, 0.717) is 5.95 Å². The van der Waals surface area contributed by atoms with Gasteiger partial charge in [-0.2, -0.15) is 4.98 Å². The fourth-order valence-corrected chi connectivity index (χ4v) is 2.73. The lowest BCUT2D eigenvalue weighted by Crippen LogP contribution is -2.24. The average molecular weight is 279 g/mol. The van der Waals surface area contributed by atoms with Crippen LogP contribution < -0.4 is 16.4 Å². The molecule has 19 heavy (non-hydrogen) atoms. The Morgan fingerprint density at radius 2 is 2.26 bits per heavy atom. The molecular weight excluding hydrogens is 262 g/mol. The molecule has 0 bridgehead atoms. The van der Waals surface area contributed by atoms with Crippen LogP contribution in [0.3, 0.4) is 0 Å². The standard InChI is InChI=1S/C12H17N5OS/c1-6(4-9(13)18)15-10-8-5-7(2)19-11(8)17-12(14-3)16-10/h5-6H,4H2,1-3H3,(H2,13,18)(H2,14,15,16,17). The van der Waals surface area contributed by atoms with Gasteiger partial charge in [-0.05, 0) is 19.9 Å². The molecule has 1 amide bonds. The van der Waals surface area contributed by atoms with E-state index in [-0.39, 0.29) is 18.4 Å². The van der Waals surface area contributed by atoms with Gasteiger partial charge in [0.15, 0.2) is 0 Å². The summed E-state index contributed by atoms with van der Waals surface area (Å²) in [5, 5.41) is 7.12. The van der Waals surface area contributed by atoms with Gasteiger partial charge in [0.05, 0.1) is 5.39 Å². The number of fused-ring (bicyclic) bond motifs is 1. The molecule has 0 radical (unpaired) electrons. The summed E-state index contributed by atoms with van der Waals surface area (Å²) in [6, 6.07) is 1.97. The normalized spacial score (nSPS) is 12.4. The SMILES string of the molecule is CNc1nc(NC(C)CC(N)=O)c2cc(C)sc2n1. The monoisotopic (exact) mass is 279 g/mol. The molecule has 0 aromatic carbocycles. The number of nitrogens with zero attached hydrogens (tertiary/aromatic N) is 2. The summed E-state index contributed by atoms with van der Waals surface area (Å²) in [7, 11) is 1.78. The summed E-state index contributed by atoms with van der Waals surface area (Å²) in [6.45, 7) is 3.93. The highest BCUT2D eigenvalue weighted by Gasteiger charge is 2.13. The first kappa shape index (κ1) is 13.5. The molecule has 2 heterocycles. The topological polar surface area (TPSA) is 92.9 Å². The molecule has 0 aliphatic heterocycles. The van der Waals surface area contributed by atoms with Crippen molar-refractivity contribution in [1.82, 2.24) is 9.97 Å². The number of nitrogens with two attached hydrogens (primary N) is 1. The molecular formula is C12H17N5OS. The van der Waals surface area contributed by atoms with E-state index in [2.05, 4.69) is 20.6 Å². The maximum Gasteiger partial charge on any atom is 0.225 e. The zero-order valence-corrected chi connectivity index (χ0v) is 12.0. The van der Waals surface area contributed by atoms with Crippen molar-refractivity contribution in [2.45, 2.75) is 26.3 Å². The van der Waals surface area contributed by atoms with Crippen LogP contribution in [-0.4, -0.2) is 29.0 Å². The van der Waals surface area contributed by atoms with Crippen molar-refractivity contribution >= 4 is 39.2 Å². The molecule has 0 aliphatic carbocycles. The number of anilines is 2. The van der Waals surface area contributed by atoms with Crippen molar-refractivity contribution in [3.63, 3.8) is 0 Å². The van der Waals surface area contributed by atoms with E-state index >= 15 is 0 Å². The summed E-state index contributed by atoms with van der Waals surface area (Å²) in [5.41, 5.74) is 5.20. The van der Waals surface area contributed by atoms with Crippen LogP contribution >= 0.6 is 11.3 Å². The van der Waals surface area contributed by atoms with E-state index in [0.717, 1.165) is 16.0 Å². The third kappa shape index (κ3) is 3.11. The zero-order chi connectivity index (χ0) is 14.0. The van der Waals surface area contributed by atoms with Gasteiger partial charge in [0, 0.05) is 24.4 Å². The lowest BCUT2D eigenvalue weighted by molar-refractivity contribution is -0.118. The van der Waals surface area contributed by atoms with Crippen molar-refractivity contribution in [2.75, 3.05) is 17.7 Å². The highest BCUT2D eigenvalue weighted by molar-refractivity contribution is 7.18. The second-order valence-electron chi connectivity index (χ2n) is 4.44. The minimum Gasteiger partial charge on any atom is -0.370 e. The number of carbonyl (C=O) groups is 1. The van der Waals surface area contributed by atoms with Crippen LogP contribution in [0.1, 0.15) is 18.2 Å². The van der Waals surface area contributed by atoms with Gasteiger partial charge in [0.1, 0.15) is 10.6 Å². The number of amides is 1. The maximum absolute atomic E-state index is 10.9. The number of nitrogens with one attached hydrogen (secondary N) is 2. The van der Waals surface area contributed by atoms with Gasteiger partial charge in [-0.1, -0.05) is 0 Å². The summed E-state index contributed by atoms with van der Waals surface area (Å²) >= 11 is 1.61. The molecule has 0 aliphatic rings. The third-order valence-corrected chi connectivity index (χ3v) is 3.57. The number of aryl methyl sites for hydroxylation is 1. The van der Waals surface area contributed by atoms with Gasteiger partial charge < -0.3 is 16.4 Å². The number of primary amides is 1. The molecule has 1 atom stereocenters. The summed E-state index contributed by atoms with van der Waals surface area (Å²) in [5.74, 6) is 0.955. The quantitative estimate of drug-likeness (QED) is 0.775. The van der Waals surface area contributed by atoms with E-state index in [1.807, 2.05) is 19.9 Å². The molecule has 102 valence electrons. The van der Waals surface area contributed by atoms with Gasteiger partial charge in [0.2, 0.25) is 11.9 Å². The van der Waals surface area contributed by atoms with Crippen molar-refractivity contribution in [1.29, 1.82) is 0 Å². The molecule has 0 fully saturated rings. The van der Waals surface area contributed by atoms with Crippen LogP contribution in [0.4, 0.5) is 11.8 Å². The first-order valence-corrected chi connectivity index (χ1v) is 6.82. The van der Waals surface area contributed by atoms with E-state index in [9.17, 15) is 4.79 Å². The smallest absolute Gasteiger partial charge is 0.225 e. The number of carbonyl (C=O) groups excluding carboxylic acids is 1. The third-order valence-electron chi connectivity index (χ3n) is 2.63. The Balaban J connectivity index is 2.37. The number of hydrogen-bond donors (Lipinski definition) is 3. The van der Waals surface area contributed by atoms with Crippen LogP contribution in [0, 0.1) is 6.92 Å². The van der Waals surface area contributed by atoms with Gasteiger partial charge in [-0.15, -0.1) is 11.3 Å². The molecule has 4 N–H and O–H groups in total. The number of hydrogen-bond acceptors (Lipinski definition) is 6. The second-order valence-corrected chi connectivity index (χ2v) is 5.67. The minimum atomic E-state index is -0.333. The zero-order valence-electron chi connectivity index (χ0n) is 11.2. The Bertz CT molecular complexity index is 609. The fraction of sp³-hybridized carbons (Fsp3) is 0.417. The van der Waals surface area contributed by atoms with Crippen LogP contribution in [0.2, 0.25) is 0 Å². The second kappa shape index (κ2) is 5.40. The Labute approximate surface area is 115 Å². The van der Waals surface area contributed by atoms with Gasteiger partial charge >= 0.3 is 0 Å². The molecule has 0 saturated carbocycles. The Morgan fingerprint density at radius 3 is 2.89 bits per heavy atom. The van der Waals surface area contributed by atoms with Gasteiger partial charge in [-0.3, -0.25) is 4.79 Å². The van der Waals surface area contributed by atoms with Crippen LogP contribution in [0.25, 0.3) is 10.2 Å². The number of rotatable bonds is 5. The summed E-state index contributed by atoms with van der Waals surface area (Å²) in [6.07, 6.45) is 0.267. The van der Waals surface area contributed by atoms with Gasteiger partial charge in [0.25, 0.3) is 0 Å². The highest BCUT2D eigenvalue weighted by atomic mass is 32.1. The van der Waals surface area contributed by atoms with Crippen LogP contribution in [0.15, 0.2) is 6.07 Å². The summed E-state index contributed by atoms with van der Waals surface area (Å²) < 4.78 is 0. The molecule has 2 rings (SSSR count). The minimum absolute atomic E-state index is 0.0690. The number of thiophene rings is 1. The molecule has 2 aromatic rings. The molecule has 1 unspecified atom stereocenters. The number of aromatic nitrogens is 2. The predicted octanol–water partition coefficient (Wildman–Crippen LogP) is 1.72. The van der Waals surface area contributed by atoms with E-state index in [1.165, 1.54) is 4.88 Å². The highest BCUT2D eigenvalue weighted by Crippen LogP contribution is 2.29. The Hall–Kier alpha value is -1.89. The first-order chi connectivity index (χ1) is 8.99. The van der Waals surface area contributed by atoms with Crippen LogP contribution in [0.5, 0.6) is 0 Å². The largest absolute Gasteiger partial charge is 0.370 e. The maximum atomic E-state index is 10.9. The van der Waals surface area contributed by atoms with Crippen molar-refractivity contribution < 1.29 is 4.79 Å². The molecule has 7 heteroatoms. The Kier molecular flexibility index (Phi) is 3.84. The molecule has 2 aromatic heterocycles. The van der Waals surface area contributed by atoms with Crippen molar-refractivity contribution in [2.24, 2.45) is 5.73 Å². The van der Waals surface area contributed by atoms with Crippen LogP contribution in [-0.2, 0) is 4.79 Å². The van der Waals surface area contributed by atoms with Gasteiger partial charge in [-0.25, -0.2) is 4.98 Å². The average Bonchev–Trinajstić information content (AvgIpc) is 2.68. The van der Waals surface area contributed by atoms with Crippen molar-refractivity contribution in [3.05, 3.63) is 10.9 Å². The predicted molar refractivity (Wildman–Crippen MR) is 78.6 cm³/mol. The first-order valence-electron chi connectivity index (χ1n) is 6.00. The lowest BCUT2D eigenvalue weighted by atomic mass is 10.2. The molecule has 0 spiro atoms. The fourth-order valence-electron chi connectivity index (χ4n) is 1.85. The van der Waals surface area contributed by atoms with Crippen molar-refractivity contribution in [3.8, 4) is 0 Å². The lowest BCUT2D eigenvalue weighted by Gasteiger charge is -2.14.